The Morgan fingerprint density at radius 2 is 2.12 bits per heavy atom. The summed E-state index contributed by atoms with van der Waals surface area (Å²) in [5.41, 5.74) is 6.28. The largest absolute Gasteiger partial charge is 0.328 e. The smallest absolute Gasteiger partial charge is 0.128 e. The zero-order chi connectivity index (χ0) is 11.7. The molecule has 2 rings (SSSR count). The van der Waals surface area contributed by atoms with Gasteiger partial charge in [0.15, 0.2) is 0 Å². The van der Waals surface area contributed by atoms with Gasteiger partial charge in [-0.15, -0.1) is 0 Å². The van der Waals surface area contributed by atoms with Crippen LogP contribution in [-0.4, -0.2) is 24.5 Å². The van der Waals surface area contributed by atoms with Gasteiger partial charge < -0.3 is 5.73 Å². The van der Waals surface area contributed by atoms with Crippen molar-refractivity contribution in [3.05, 3.63) is 35.4 Å². The number of nitrogens with two attached hydrogens (primary N) is 1. The zero-order valence-electron chi connectivity index (χ0n) is 9.29. The standard InChI is InChI=1S/C12H16F2N2/c1-16-5-4-9(15)7-12(16)10-6-8(13)2-3-11(10)14/h2-3,6,9,12H,4-5,7,15H2,1H3/t9-,12+/m1/s1. The van der Waals surface area contributed by atoms with Crippen LogP contribution >= 0.6 is 0 Å². The van der Waals surface area contributed by atoms with E-state index in [0.29, 0.717) is 12.0 Å². The van der Waals surface area contributed by atoms with Gasteiger partial charge in [-0.1, -0.05) is 0 Å². The van der Waals surface area contributed by atoms with E-state index < -0.39 is 5.82 Å². The predicted octanol–water partition coefficient (Wildman–Crippen LogP) is 2.06. The van der Waals surface area contributed by atoms with Gasteiger partial charge in [0.25, 0.3) is 0 Å². The fourth-order valence-electron chi connectivity index (χ4n) is 2.24. The summed E-state index contributed by atoms with van der Waals surface area (Å²) >= 11 is 0. The number of hydrogen-bond acceptors (Lipinski definition) is 2. The highest BCUT2D eigenvalue weighted by atomic mass is 19.1. The van der Waals surface area contributed by atoms with Crippen molar-refractivity contribution in [3.8, 4) is 0 Å². The van der Waals surface area contributed by atoms with Gasteiger partial charge in [0.2, 0.25) is 0 Å². The molecule has 2 atom stereocenters. The Morgan fingerprint density at radius 1 is 1.38 bits per heavy atom. The normalized spacial score (nSPS) is 27.0. The SMILES string of the molecule is CN1CC[C@@H](N)C[C@H]1c1cc(F)ccc1F. The molecule has 0 aliphatic carbocycles. The molecule has 2 N–H and O–H groups in total. The average Bonchev–Trinajstić information content (AvgIpc) is 2.25. The molecule has 4 heteroatoms. The maximum Gasteiger partial charge on any atom is 0.128 e. The molecule has 1 fully saturated rings. The van der Waals surface area contributed by atoms with Gasteiger partial charge in [-0.25, -0.2) is 8.78 Å². The minimum absolute atomic E-state index is 0.0730. The highest BCUT2D eigenvalue weighted by Gasteiger charge is 2.27. The molecule has 0 radical (unpaired) electrons. The summed E-state index contributed by atoms with van der Waals surface area (Å²) in [6.07, 6.45) is 1.58. The molecule has 1 aliphatic rings. The molecular weight excluding hydrogens is 210 g/mol. The molecule has 1 heterocycles. The number of rotatable bonds is 1. The zero-order valence-corrected chi connectivity index (χ0v) is 9.29. The van der Waals surface area contributed by atoms with E-state index in [4.69, 9.17) is 5.73 Å². The molecule has 1 saturated heterocycles. The van der Waals surface area contributed by atoms with Crippen molar-refractivity contribution in [1.29, 1.82) is 0 Å². The fourth-order valence-corrected chi connectivity index (χ4v) is 2.24. The molecule has 0 unspecified atom stereocenters. The third kappa shape index (κ3) is 2.23. The topological polar surface area (TPSA) is 29.3 Å². The Kier molecular flexibility index (Phi) is 3.21. The third-order valence-electron chi connectivity index (χ3n) is 3.23. The Morgan fingerprint density at radius 3 is 2.88 bits per heavy atom. The van der Waals surface area contributed by atoms with Gasteiger partial charge in [0.1, 0.15) is 11.6 Å². The van der Waals surface area contributed by atoms with Crippen LogP contribution in [0.25, 0.3) is 0 Å². The maximum absolute atomic E-state index is 13.6. The van der Waals surface area contributed by atoms with E-state index in [9.17, 15) is 8.78 Å². The van der Waals surface area contributed by atoms with Crippen LogP contribution in [0.15, 0.2) is 18.2 Å². The van der Waals surface area contributed by atoms with Crippen LogP contribution in [0.3, 0.4) is 0 Å². The first-order chi connectivity index (χ1) is 7.58. The second-order valence-corrected chi connectivity index (χ2v) is 4.45. The third-order valence-corrected chi connectivity index (χ3v) is 3.23. The van der Waals surface area contributed by atoms with Crippen LogP contribution in [-0.2, 0) is 0 Å². The molecule has 2 nitrogen and oxygen atoms in total. The summed E-state index contributed by atoms with van der Waals surface area (Å²) in [4.78, 5) is 2.03. The monoisotopic (exact) mass is 226 g/mol. The second-order valence-electron chi connectivity index (χ2n) is 4.45. The lowest BCUT2D eigenvalue weighted by atomic mass is 9.92. The van der Waals surface area contributed by atoms with Crippen LogP contribution in [0, 0.1) is 11.6 Å². The summed E-state index contributed by atoms with van der Waals surface area (Å²) in [7, 11) is 1.92. The van der Waals surface area contributed by atoms with Gasteiger partial charge >= 0.3 is 0 Å². The van der Waals surface area contributed by atoms with Crippen LogP contribution < -0.4 is 5.73 Å². The first-order valence-corrected chi connectivity index (χ1v) is 5.48. The molecule has 0 spiro atoms. The average molecular weight is 226 g/mol. The van der Waals surface area contributed by atoms with Gasteiger partial charge in [-0.2, -0.15) is 0 Å². The van der Waals surface area contributed by atoms with E-state index >= 15 is 0 Å². The minimum Gasteiger partial charge on any atom is -0.328 e. The van der Waals surface area contributed by atoms with Crippen molar-refractivity contribution in [3.63, 3.8) is 0 Å². The van der Waals surface area contributed by atoms with Crippen LogP contribution in [0.1, 0.15) is 24.4 Å². The molecular formula is C12H16F2N2. The Bertz CT molecular complexity index is 381. The fraction of sp³-hybridized carbons (Fsp3) is 0.500. The maximum atomic E-state index is 13.6. The summed E-state index contributed by atoms with van der Waals surface area (Å²) < 4.78 is 26.7. The summed E-state index contributed by atoms with van der Waals surface area (Å²) in [6.45, 7) is 0.821. The number of likely N-dealkylation sites (tertiary alicyclic amines) is 1. The molecule has 0 saturated carbocycles. The Labute approximate surface area is 94.0 Å². The lowest BCUT2D eigenvalue weighted by Crippen LogP contribution is -2.40. The minimum atomic E-state index is -0.399. The van der Waals surface area contributed by atoms with E-state index in [2.05, 4.69) is 0 Å². The van der Waals surface area contributed by atoms with E-state index in [-0.39, 0.29) is 17.9 Å². The van der Waals surface area contributed by atoms with E-state index in [1.54, 1.807) is 0 Å². The van der Waals surface area contributed by atoms with E-state index in [0.717, 1.165) is 19.0 Å². The first kappa shape index (κ1) is 11.5. The van der Waals surface area contributed by atoms with Crippen LogP contribution in [0.5, 0.6) is 0 Å². The van der Waals surface area contributed by atoms with E-state index in [1.165, 1.54) is 12.1 Å². The predicted molar refractivity (Wildman–Crippen MR) is 58.9 cm³/mol. The van der Waals surface area contributed by atoms with Crippen molar-refractivity contribution >= 4 is 0 Å². The summed E-state index contributed by atoms with van der Waals surface area (Å²) in [5, 5.41) is 0. The highest BCUT2D eigenvalue weighted by molar-refractivity contribution is 5.23. The van der Waals surface area contributed by atoms with Crippen molar-refractivity contribution in [2.24, 2.45) is 5.73 Å². The molecule has 0 aromatic heterocycles. The Hall–Kier alpha value is -1.00. The molecule has 16 heavy (non-hydrogen) atoms. The van der Waals surface area contributed by atoms with Crippen molar-refractivity contribution < 1.29 is 8.78 Å². The number of benzene rings is 1. The summed E-state index contributed by atoms with van der Waals surface area (Å²) in [5.74, 6) is -0.753. The van der Waals surface area contributed by atoms with Crippen LogP contribution in [0.4, 0.5) is 8.78 Å². The number of halogens is 2. The number of nitrogens with zero attached hydrogens (tertiary/aromatic N) is 1. The Balaban J connectivity index is 2.30. The lowest BCUT2D eigenvalue weighted by Gasteiger charge is -2.36. The molecule has 0 amide bonds. The molecule has 1 aromatic rings. The quantitative estimate of drug-likeness (QED) is 0.794. The molecule has 1 aliphatic heterocycles. The van der Waals surface area contributed by atoms with Crippen LogP contribution in [0.2, 0.25) is 0 Å². The van der Waals surface area contributed by atoms with Gasteiger partial charge in [-0.05, 0) is 44.6 Å². The summed E-state index contributed by atoms with van der Waals surface area (Å²) in [6, 6.07) is 3.55. The van der Waals surface area contributed by atoms with E-state index in [1.807, 2.05) is 11.9 Å². The molecule has 0 bridgehead atoms. The molecule has 88 valence electrons. The number of piperidine rings is 1. The van der Waals surface area contributed by atoms with Crippen molar-refractivity contribution in [1.82, 2.24) is 4.90 Å². The van der Waals surface area contributed by atoms with Gasteiger partial charge in [-0.3, -0.25) is 4.90 Å². The van der Waals surface area contributed by atoms with Crippen molar-refractivity contribution in [2.45, 2.75) is 24.9 Å². The molecule has 1 aromatic carbocycles. The van der Waals surface area contributed by atoms with Crippen molar-refractivity contribution in [2.75, 3.05) is 13.6 Å². The highest BCUT2D eigenvalue weighted by Crippen LogP contribution is 2.30. The first-order valence-electron chi connectivity index (χ1n) is 5.48. The lowest BCUT2D eigenvalue weighted by molar-refractivity contribution is 0.167. The number of hydrogen-bond donors (Lipinski definition) is 1. The second kappa shape index (κ2) is 4.47. The van der Waals surface area contributed by atoms with Gasteiger partial charge in [0, 0.05) is 17.6 Å². The van der Waals surface area contributed by atoms with Gasteiger partial charge in [0.05, 0.1) is 0 Å².